The first-order chi connectivity index (χ1) is 13.1. The number of hydrogen-bond acceptors (Lipinski definition) is 5. The fraction of sp³-hybridized carbons (Fsp3) is 0.250. The number of rotatable bonds is 8. The van der Waals surface area contributed by atoms with Gasteiger partial charge in [0.1, 0.15) is 5.82 Å². The van der Waals surface area contributed by atoms with Crippen molar-refractivity contribution in [2.24, 2.45) is 0 Å². The molecule has 0 aliphatic heterocycles. The summed E-state index contributed by atoms with van der Waals surface area (Å²) >= 11 is 3.25. The molecule has 7 heteroatoms. The topological polar surface area (TPSA) is 68.0 Å². The van der Waals surface area contributed by atoms with E-state index in [1.54, 1.807) is 23.9 Å². The Morgan fingerprint density at radius 2 is 1.78 bits per heavy atom. The zero-order valence-corrected chi connectivity index (χ0v) is 16.9. The van der Waals surface area contributed by atoms with Gasteiger partial charge in [0, 0.05) is 17.2 Å². The zero-order chi connectivity index (χ0) is 19.2. The van der Waals surface area contributed by atoms with Gasteiger partial charge in [-0.05, 0) is 37.6 Å². The fourth-order valence-corrected chi connectivity index (χ4v) is 4.49. The molecule has 3 aromatic rings. The lowest BCUT2D eigenvalue weighted by molar-refractivity contribution is 0.0696. The highest BCUT2D eigenvalue weighted by Gasteiger charge is 2.14. The van der Waals surface area contributed by atoms with Crippen LogP contribution in [0.25, 0.3) is 0 Å². The average molecular weight is 400 g/mol. The molecule has 0 radical (unpaired) electrons. The molecule has 0 unspecified atom stereocenters. The van der Waals surface area contributed by atoms with Crippen LogP contribution >= 0.6 is 23.5 Å². The molecule has 0 atom stereocenters. The summed E-state index contributed by atoms with van der Waals surface area (Å²) in [5, 5.41) is 18.8. The van der Waals surface area contributed by atoms with E-state index in [1.807, 2.05) is 12.1 Å². The third-order valence-corrected chi connectivity index (χ3v) is 6.13. The van der Waals surface area contributed by atoms with Gasteiger partial charge in [-0.25, -0.2) is 4.79 Å². The predicted octanol–water partition coefficient (Wildman–Crippen LogP) is 4.89. The van der Waals surface area contributed by atoms with E-state index in [0.717, 1.165) is 28.8 Å². The molecule has 1 heterocycles. The van der Waals surface area contributed by atoms with E-state index in [2.05, 4.69) is 52.9 Å². The Balaban J connectivity index is 1.69. The van der Waals surface area contributed by atoms with Crippen LogP contribution in [0.5, 0.6) is 0 Å². The van der Waals surface area contributed by atoms with Gasteiger partial charge in [-0.1, -0.05) is 47.7 Å². The Kier molecular flexibility index (Phi) is 6.58. The first kappa shape index (κ1) is 19.5. The maximum atomic E-state index is 11.4. The summed E-state index contributed by atoms with van der Waals surface area (Å²) in [6.45, 7) is 4.92. The zero-order valence-electron chi connectivity index (χ0n) is 15.3. The lowest BCUT2D eigenvalue weighted by Gasteiger charge is -2.08. The number of hydrogen-bond donors (Lipinski definition) is 1. The van der Waals surface area contributed by atoms with E-state index in [-0.39, 0.29) is 0 Å². The Morgan fingerprint density at radius 1 is 1.04 bits per heavy atom. The molecular weight excluding hydrogens is 378 g/mol. The monoisotopic (exact) mass is 399 g/mol. The number of nitrogens with zero attached hydrogens (tertiary/aromatic N) is 3. The SMILES string of the molecule is CCn1c(CSc2ccc(C)cc2)nnc1SCc1ccccc1C(=O)O. The second-order valence-corrected chi connectivity index (χ2v) is 7.99. The van der Waals surface area contributed by atoms with Crippen molar-refractivity contribution < 1.29 is 9.90 Å². The summed E-state index contributed by atoms with van der Waals surface area (Å²) in [7, 11) is 0. The number of carboxylic acids is 1. The number of aryl methyl sites for hydroxylation is 1. The van der Waals surface area contributed by atoms with Gasteiger partial charge < -0.3 is 9.67 Å². The van der Waals surface area contributed by atoms with Gasteiger partial charge in [0.15, 0.2) is 5.16 Å². The number of thioether (sulfide) groups is 2. The largest absolute Gasteiger partial charge is 0.478 e. The molecule has 1 aromatic heterocycles. The smallest absolute Gasteiger partial charge is 0.335 e. The highest BCUT2D eigenvalue weighted by Crippen LogP contribution is 2.27. The maximum absolute atomic E-state index is 11.4. The molecule has 0 bridgehead atoms. The van der Waals surface area contributed by atoms with Gasteiger partial charge in [0.2, 0.25) is 0 Å². The second kappa shape index (κ2) is 9.10. The Labute approximate surface area is 167 Å². The molecule has 0 saturated carbocycles. The summed E-state index contributed by atoms with van der Waals surface area (Å²) in [6, 6.07) is 15.5. The molecule has 0 fully saturated rings. The lowest BCUT2D eigenvalue weighted by Crippen LogP contribution is -2.03. The highest BCUT2D eigenvalue weighted by atomic mass is 32.2. The number of aromatic carboxylic acids is 1. The fourth-order valence-electron chi connectivity index (χ4n) is 2.63. The third-order valence-electron chi connectivity index (χ3n) is 4.10. The first-order valence-electron chi connectivity index (χ1n) is 8.64. The molecular formula is C20H21N3O2S2. The first-order valence-corrected chi connectivity index (χ1v) is 10.6. The van der Waals surface area contributed by atoms with Crippen LogP contribution in [0.2, 0.25) is 0 Å². The van der Waals surface area contributed by atoms with E-state index in [0.29, 0.717) is 11.3 Å². The minimum Gasteiger partial charge on any atom is -0.478 e. The molecule has 5 nitrogen and oxygen atoms in total. The minimum absolute atomic E-state index is 0.336. The van der Waals surface area contributed by atoms with Crippen LogP contribution in [0.4, 0.5) is 0 Å². The molecule has 1 N–H and O–H groups in total. The molecule has 27 heavy (non-hydrogen) atoms. The van der Waals surface area contributed by atoms with Gasteiger partial charge in [-0.15, -0.1) is 22.0 Å². The molecule has 140 valence electrons. The van der Waals surface area contributed by atoms with E-state index in [4.69, 9.17) is 0 Å². The molecule has 2 aromatic carbocycles. The van der Waals surface area contributed by atoms with E-state index in [9.17, 15) is 9.90 Å². The van der Waals surface area contributed by atoms with Crippen molar-refractivity contribution >= 4 is 29.5 Å². The maximum Gasteiger partial charge on any atom is 0.335 e. The molecule has 0 saturated heterocycles. The number of aromatic nitrogens is 3. The predicted molar refractivity (Wildman–Crippen MR) is 109 cm³/mol. The highest BCUT2D eigenvalue weighted by molar-refractivity contribution is 7.98. The van der Waals surface area contributed by atoms with Crippen LogP contribution in [0.1, 0.15) is 34.2 Å². The molecule has 0 amide bonds. The molecule has 0 spiro atoms. The quantitative estimate of drug-likeness (QED) is 0.544. The van der Waals surface area contributed by atoms with Gasteiger partial charge in [0.05, 0.1) is 11.3 Å². The van der Waals surface area contributed by atoms with Crippen LogP contribution < -0.4 is 0 Å². The number of benzene rings is 2. The van der Waals surface area contributed by atoms with Gasteiger partial charge in [-0.2, -0.15) is 0 Å². The van der Waals surface area contributed by atoms with Crippen molar-refractivity contribution in [2.45, 2.75) is 41.9 Å². The van der Waals surface area contributed by atoms with Gasteiger partial charge >= 0.3 is 5.97 Å². The normalized spacial score (nSPS) is 10.9. The van der Waals surface area contributed by atoms with Gasteiger partial charge in [0.25, 0.3) is 0 Å². The van der Waals surface area contributed by atoms with E-state index < -0.39 is 5.97 Å². The van der Waals surface area contributed by atoms with Crippen molar-refractivity contribution in [1.29, 1.82) is 0 Å². The Hall–Kier alpha value is -2.25. The van der Waals surface area contributed by atoms with Crippen LogP contribution in [-0.4, -0.2) is 25.8 Å². The second-order valence-electron chi connectivity index (χ2n) is 6.00. The molecule has 0 aliphatic rings. The van der Waals surface area contributed by atoms with E-state index >= 15 is 0 Å². The van der Waals surface area contributed by atoms with E-state index in [1.165, 1.54) is 22.2 Å². The van der Waals surface area contributed by atoms with Crippen LogP contribution in [0.3, 0.4) is 0 Å². The van der Waals surface area contributed by atoms with Crippen LogP contribution in [0.15, 0.2) is 58.6 Å². The summed E-state index contributed by atoms with van der Waals surface area (Å²) in [4.78, 5) is 12.6. The summed E-state index contributed by atoms with van der Waals surface area (Å²) < 4.78 is 2.09. The van der Waals surface area contributed by atoms with Crippen molar-refractivity contribution in [3.63, 3.8) is 0 Å². The van der Waals surface area contributed by atoms with Crippen LogP contribution in [-0.2, 0) is 18.1 Å². The number of carbonyl (C=O) groups is 1. The summed E-state index contributed by atoms with van der Waals surface area (Å²) in [6.07, 6.45) is 0. The number of carboxylic acid groups (broad SMARTS) is 1. The van der Waals surface area contributed by atoms with Crippen LogP contribution in [0, 0.1) is 6.92 Å². The van der Waals surface area contributed by atoms with Gasteiger partial charge in [-0.3, -0.25) is 0 Å². The third kappa shape index (κ3) is 4.93. The van der Waals surface area contributed by atoms with Crippen molar-refractivity contribution in [2.75, 3.05) is 0 Å². The summed E-state index contributed by atoms with van der Waals surface area (Å²) in [5.74, 6) is 1.32. The summed E-state index contributed by atoms with van der Waals surface area (Å²) in [5.41, 5.74) is 2.37. The van der Waals surface area contributed by atoms with Crippen molar-refractivity contribution in [3.05, 3.63) is 71.0 Å². The van der Waals surface area contributed by atoms with Crippen molar-refractivity contribution in [1.82, 2.24) is 14.8 Å². The Bertz CT molecular complexity index is 923. The van der Waals surface area contributed by atoms with Crippen molar-refractivity contribution in [3.8, 4) is 0 Å². The lowest BCUT2D eigenvalue weighted by atomic mass is 10.1. The average Bonchev–Trinajstić information content (AvgIpc) is 3.08. The Morgan fingerprint density at radius 3 is 2.48 bits per heavy atom. The standard InChI is InChI=1S/C20H21N3O2S2/c1-3-23-18(13-26-16-10-8-14(2)9-11-16)21-22-20(23)27-12-15-6-4-5-7-17(15)19(24)25/h4-11H,3,12-13H2,1-2H3,(H,24,25). The molecule has 3 rings (SSSR count). The minimum atomic E-state index is -0.904. The molecule has 0 aliphatic carbocycles.